The number of rotatable bonds is 3. The van der Waals surface area contributed by atoms with Crippen LogP contribution in [-0.2, 0) is 0 Å². The van der Waals surface area contributed by atoms with Gasteiger partial charge in [0.25, 0.3) is 0 Å². The van der Waals surface area contributed by atoms with Crippen LogP contribution >= 0.6 is 0 Å². The minimum absolute atomic E-state index is 0.620. The lowest BCUT2D eigenvalue weighted by atomic mass is 10.2. The van der Waals surface area contributed by atoms with Gasteiger partial charge in [-0.2, -0.15) is 5.10 Å². The average Bonchev–Trinajstić information content (AvgIpc) is 2.93. The van der Waals surface area contributed by atoms with Crippen LogP contribution < -0.4 is 9.47 Å². The minimum atomic E-state index is 0.620. The lowest BCUT2D eigenvalue weighted by Crippen LogP contribution is -1.93. The summed E-state index contributed by atoms with van der Waals surface area (Å²) < 4.78 is 10.5. The van der Waals surface area contributed by atoms with Crippen LogP contribution in [0.15, 0.2) is 30.6 Å². The van der Waals surface area contributed by atoms with Gasteiger partial charge in [0.2, 0.25) is 0 Å². The zero-order valence-electron chi connectivity index (χ0n) is 10.5. The molecule has 0 saturated carbocycles. The maximum absolute atomic E-state index is 5.27. The summed E-state index contributed by atoms with van der Waals surface area (Å²) in [6.45, 7) is 0. The molecule has 19 heavy (non-hydrogen) atoms. The monoisotopic (exact) mass is 256 g/mol. The highest BCUT2D eigenvalue weighted by Gasteiger charge is 2.09. The van der Waals surface area contributed by atoms with Gasteiger partial charge in [-0.3, -0.25) is 5.10 Å². The van der Waals surface area contributed by atoms with Crippen molar-refractivity contribution in [3.8, 4) is 22.9 Å². The fourth-order valence-electron chi connectivity index (χ4n) is 1.86. The molecule has 0 bridgehead atoms. The first-order valence-corrected chi connectivity index (χ1v) is 5.70. The molecular formula is C13H12N4O2. The Balaban J connectivity index is 2.09. The van der Waals surface area contributed by atoms with Gasteiger partial charge >= 0.3 is 0 Å². The van der Waals surface area contributed by atoms with Gasteiger partial charge in [0, 0.05) is 5.56 Å². The molecule has 0 aliphatic carbocycles. The second-order valence-corrected chi connectivity index (χ2v) is 3.93. The fraction of sp³-hybridized carbons (Fsp3) is 0.154. The van der Waals surface area contributed by atoms with Crippen molar-refractivity contribution in [2.75, 3.05) is 14.2 Å². The maximum Gasteiger partial charge on any atom is 0.161 e. The summed E-state index contributed by atoms with van der Waals surface area (Å²) in [6.07, 6.45) is 3.38. The fourth-order valence-corrected chi connectivity index (χ4v) is 1.86. The van der Waals surface area contributed by atoms with Crippen molar-refractivity contribution < 1.29 is 9.47 Å². The van der Waals surface area contributed by atoms with Gasteiger partial charge in [0.15, 0.2) is 17.3 Å². The highest BCUT2D eigenvalue weighted by Crippen LogP contribution is 2.31. The van der Waals surface area contributed by atoms with Gasteiger partial charge in [0.05, 0.1) is 26.6 Å². The van der Waals surface area contributed by atoms with E-state index in [1.54, 1.807) is 26.6 Å². The second kappa shape index (κ2) is 4.56. The van der Waals surface area contributed by atoms with E-state index in [1.807, 2.05) is 18.2 Å². The zero-order chi connectivity index (χ0) is 13.2. The Hall–Kier alpha value is -2.63. The van der Waals surface area contributed by atoms with Crippen LogP contribution in [0.1, 0.15) is 0 Å². The van der Waals surface area contributed by atoms with Crippen molar-refractivity contribution in [3.63, 3.8) is 0 Å². The molecule has 0 spiro atoms. The first-order chi connectivity index (χ1) is 9.31. The van der Waals surface area contributed by atoms with Gasteiger partial charge in [-0.1, -0.05) is 0 Å². The summed E-state index contributed by atoms with van der Waals surface area (Å²) in [5.41, 5.74) is 2.45. The van der Waals surface area contributed by atoms with Crippen LogP contribution in [0.5, 0.6) is 11.5 Å². The van der Waals surface area contributed by atoms with Gasteiger partial charge < -0.3 is 9.47 Å². The number of fused-ring (bicyclic) bond motifs is 1. The van der Waals surface area contributed by atoms with Gasteiger partial charge in [-0.05, 0) is 18.2 Å². The lowest BCUT2D eigenvalue weighted by molar-refractivity contribution is 0.355. The van der Waals surface area contributed by atoms with E-state index in [0.717, 1.165) is 16.6 Å². The third-order valence-electron chi connectivity index (χ3n) is 2.83. The molecule has 1 N–H and O–H groups in total. The topological polar surface area (TPSA) is 72.9 Å². The molecule has 0 unspecified atom stereocenters. The quantitative estimate of drug-likeness (QED) is 0.776. The predicted molar refractivity (Wildman–Crippen MR) is 70.2 cm³/mol. The molecule has 0 saturated heterocycles. The van der Waals surface area contributed by atoms with Gasteiger partial charge in [-0.15, -0.1) is 0 Å². The number of ether oxygens (including phenoxy) is 2. The zero-order valence-corrected chi connectivity index (χ0v) is 10.5. The van der Waals surface area contributed by atoms with Gasteiger partial charge in [0.1, 0.15) is 11.0 Å². The van der Waals surface area contributed by atoms with Crippen molar-refractivity contribution >= 4 is 11.0 Å². The van der Waals surface area contributed by atoms with E-state index in [9.17, 15) is 0 Å². The first-order valence-electron chi connectivity index (χ1n) is 5.70. The average molecular weight is 256 g/mol. The number of benzene rings is 1. The van der Waals surface area contributed by atoms with E-state index in [4.69, 9.17) is 9.47 Å². The second-order valence-electron chi connectivity index (χ2n) is 3.93. The summed E-state index contributed by atoms with van der Waals surface area (Å²) in [4.78, 5) is 8.74. The smallest absolute Gasteiger partial charge is 0.161 e. The number of aromatic nitrogens is 4. The highest BCUT2D eigenvalue weighted by molar-refractivity contribution is 5.75. The molecule has 3 rings (SSSR count). The summed E-state index contributed by atoms with van der Waals surface area (Å²) in [7, 11) is 3.20. The molecule has 0 aliphatic heterocycles. The molecule has 0 amide bonds. The summed E-state index contributed by atoms with van der Waals surface area (Å²) in [5.74, 6) is 1.95. The Labute approximate surface area is 109 Å². The number of nitrogens with one attached hydrogen (secondary N) is 1. The van der Waals surface area contributed by atoms with Crippen LogP contribution in [-0.4, -0.2) is 34.4 Å². The van der Waals surface area contributed by atoms with Crippen molar-refractivity contribution in [2.24, 2.45) is 0 Å². The van der Waals surface area contributed by atoms with Crippen molar-refractivity contribution in [3.05, 3.63) is 30.6 Å². The highest BCUT2D eigenvalue weighted by atomic mass is 16.5. The van der Waals surface area contributed by atoms with E-state index >= 15 is 0 Å². The van der Waals surface area contributed by atoms with Crippen LogP contribution in [0.3, 0.4) is 0 Å². The molecular weight excluding hydrogens is 244 g/mol. The van der Waals surface area contributed by atoms with E-state index in [1.165, 1.54) is 0 Å². The van der Waals surface area contributed by atoms with Crippen molar-refractivity contribution in [2.45, 2.75) is 0 Å². The Kier molecular flexibility index (Phi) is 2.75. The lowest BCUT2D eigenvalue weighted by Gasteiger charge is -2.08. The molecule has 1 aromatic carbocycles. The predicted octanol–water partition coefficient (Wildman–Crippen LogP) is 2.04. The van der Waals surface area contributed by atoms with E-state index in [2.05, 4.69) is 20.2 Å². The molecule has 6 heteroatoms. The molecule has 2 aromatic heterocycles. The molecule has 0 radical (unpaired) electrons. The van der Waals surface area contributed by atoms with Crippen LogP contribution in [0.25, 0.3) is 22.4 Å². The van der Waals surface area contributed by atoms with Crippen LogP contribution in [0.2, 0.25) is 0 Å². The Bertz CT molecular complexity index is 723. The summed E-state index contributed by atoms with van der Waals surface area (Å²) in [5, 5.41) is 6.74. The van der Waals surface area contributed by atoms with E-state index in [-0.39, 0.29) is 0 Å². The third kappa shape index (κ3) is 1.97. The number of aromatic amines is 1. The number of H-pyrrole nitrogens is 1. The van der Waals surface area contributed by atoms with Gasteiger partial charge in [-0.25, -0.2) is 9.97 Å². The minimum Gasteiger partial charge on any atom is -0.493 e. The van der Waals surface area contributed by atoms with E-state index in [0.29, 0.717) is 17.3 Å². The molecule has 6 nitrogen and oxygen atoms in total. The number of methoxy groups -OCH3 is 2. The van der Waals surface area contributed by atoms with E-state index < -0.39 is 0 Å². The standard InChI is InChI=1S/C13H12N4O2/c1-18-11-4-3-8(5-12(11)19-2)13-14-6-10-9(16-13)7-15-17-10/h3-7H,1-2H3,(H,15,17). The third-order valence-corrected chi connectivity index (χ3v) is 2.83. The number of hydrogen-bond donors (Lipinski definition) is 1. The molecule has 0 fully saturated rings. The number of hydrogen-bond acceptors (Lipinski definition) is 5. The molecule has 0 atom stereocenters. The normalized spacial score (nSPS) is 10.6. The molecule has 96 valence electrons. The largest absolute Gasteiger partial charge is 0.493 e. The Morgan fingerprint density at radius 3 is 2.68 bits per heavy atom. The SMILES string of the molecule is COc1ccc(-c2ncc3[nH]ncc3n2)cc1OC. The molecule has 2 heterocycles. The Morgan fingerprint density at radius 1 is 1.05 bits per heavy atom. The van der Waals surface area contributed by atoms with Crippen LogP contribution in [0.4, 0.5) is 0 Å². The summed E-state index contributed by atoms with van der Waals surface area (Å²) in [6, 6.07) is 5.57. The number of nitrogens with zero attached hydrogens (tertiary/aromatic N) is 3. The van der Waals surface area contributed by atoms with Crippen molar-refractivity contribution in [1.29, 1.82) is 0 Å². The maximum atomic E-state index is 5.27. The van der Waals surface area contributed by atoms with Crippen molar-refractivity contribution in [1.82, 2.24) is 20.2 Å². The molecule has 3 aromatic rings. The van der Waals surface area contributed by atoms with Crippen LogP contribution in [0, 0.1) is 0 Å². The first kappa shape index (κ1) is 11.5. The summed E-state index contributed by atoms with van der Waals surface area (Å²) >= 11 is 0. The Morgan fingerprint density at radius 2 is 1.89 bits per heavy atom. The molecule has 0 aliphatic rings.